The number of carbonyl (C=O) groups excluding carboxylic acids is 1. The number of hydrogen-bond acceptors (Lipinski definition) is 4. The summed E-state index contributed by atoms with van der Waals surface area (Å²) in [7, 11) is 0. The fourth-order valence-corrected chi connectivity index (χ4v) is 4.84. The lowest BCUT2D eigenvalue weighted by atomic mass is 10.1. The first-order valence-electron chi connectivity index (χ1n) is 9.92. The molecular formula is C23H21ClN4OS. The second-order valence-electron chi connectivity index (χ2n) is 7.52. The highest BCUT2D eigenvalue weighted by atomic mass is 35.5. The number of aryl methyl sites for hydroxylation is 1. The summed E-state index contributed by atoms with van der Waals surface area (Å²) in [4.78, 5) is 23.0. The lowest BCUT2D eigenvalue weighted by molar-refractivity contribution is 0.0740. The van der Waals surface area contributed by atoms with Crippen LogP contribution in [0.25, 0.3) is 16.2 Å². The highest BCUT2D eigenvalue weighted by Gasteiger charge is 2.25. The van der Waals surface area contributed by atoms with Crippen LogP contribution in [0.15, 0.2) is 60.1 Å². The Labute approximate surface area is 184 Å². The van der Waals surface area contributed by atoms with Crippen LogP contribution in [0.3, 0.4) is 0 Å². The van der Waals surface area contributed by atoms with E-state index < -0.39 is 0 Å². The van der Waals surface area contributed by atoms with Crippen LogP contribution in [-0.4, -0.2) is 46.4 Å². The molecular weight excluding hydrogens is 416 g/mol. The van der Waals surface area contributed by atoms with Gasteiger partial charge in [-0.3, -0.25) is 9.20 Å². The van der Waals surface area contributed by atoms with Gasteiger partial charge in [0.1, 0.15) is 5.69 Å². The molecule has 0 N–H and O–H groups in total. The maximum absolute atomic E-state index is 13.2. The van der Waals surface area contributed by atoms with E-state index in [0.29, 0.717) is 18.8 Å². The molecule has 1 fully saturated rings. The standard InChI is InChI=1S/C23H21ClN4OS/c1-16-5-7-17(8-6-16)20-14-28-21(15-30-23(28)25-20)22(29)27-11-9-26(10-12-27)19-4-2-3-18(24)13-19/h2-8,13-15H,9-12H2,1H3. The van der Waals surface area contributed by atoms with Gasteiger partial charge in [-0.15, -0.1) is 11.3 Å². The number of piperazine rings is 1. The van der Waals surface area contributed by atoms with Gasteiger partial charge in [-0.05, 0) is 25.1 Å². The Morgan fingerprint density at radius 3 is 2.57 bits per heavy atom. The number of aromatic nitrogens is 2. The van der Waals surface area contributed by atoms with Crippen molar-refractivity contribution in [1.82, 2.24) is 14.3 Å². The van der Waals surface area contributed by atoms with E-state index in [1.54, 1.807) is 0 Å². The average Bonchev–Trinajstić information content (AvgIpc) is 3.35. The van der Waals surface area contributed by atoms with Crippen molar-refractivity contribution in [1.29, 1.82) is 0 Å². The molecule has 1 aliphatic heterocycles. The molecule has 1 saturated heterocycles. The quantitative estimate of drug-likeness (QED) is 0.454. The Bertz CT molecular complexity index is 1210. The largest absolute Gasteiger partial charge is 0.368 e. The molecule has 2 aromatic heterocycles. The van der Waals surface area contributed by atoms with Gasteiger partial charge in [0.15, 0.2) is 4.96 Å². The number of nitrogens with zero attached hydrogens (tertiary/aromatic N) is 4. The van der Waals surface area contributed by atoms with Crippen LogP contribution in [-0.2, 0) is 0 Å². The maximum atomic E-state index is 13.2. The van der Waals surface area contributed by atoms with Gasteiger partial charge in [-0.2, -0.15) is 0 Å². The van der Waals surface area contributed by atoms with E-state index in [9.17, 15) is 4.79 Å². The zero-order chi connectivity index (χ0) is 20.7. The van der Waals surface area contributed by atoms with Gasteiger partial charge in [0.2, 0.25) is 0 Å². The number of thiazole rings is 1. The molecule has 0 spiro atoms. The maximum Gasteiger partial charge on any atom is 0.271 e. The molecule has 7 heteroatoms. The first kappa shape index (κ1) is 19.2. The van der Waals surface area contributed by atoms with E-state index in [4.69, 9.17) is 16.6 Å². The SMILES string of the molecule is Cc1ccc(-c2cn3c(C(=O)N4CCN(c5cccc(Cl)c5)CC4)csc3n2)cc1. The topological polar surface area (TPSA) is 40.9 Å². The molecule has 152 valence electrons. The summed E-state index contributed by atoms with van der Waals surface area (Å²) in [6.07, 6.45) is 1.96. The van der Waals surface area contributed by atoms with Crippen LogP contribution in [0.4, 0.5) is 5.69 Å². The molecule has 1 aliphatic rings. The number of amides is 1. The van der Waals surface area contributed by atoms with Gasteiger partial charge in [0.25, 0.3) is 5.91 Å². The zero-order valence-electron chi connectivity index (χ0n) is 16.6. The van der Waals surface area contributed by atoms with E-state index in [-0.39, 0.29) is 5.91 Å². The lowest BCUT2D eigenvalue weighted by Crippen LogP contribution is -2.49. The summed E-state index contributed by atoms with van der Waals surface area (Å²) in [5, 5.41) is 2.64. The van der Waals surface area contributed by atoms with Crippen LogP contribution in [0.1, 0.15) is 16.1 Å². The zero-order valence-corrected chi connectivity index (χ0v) is 18.2. The predicted octanol–water partition coefficient (Wildman–Crippen LogP) is 4.99. The van der Waals surface area contributed by atoms with E-state index in [1.165, 1.54) is 16.9 Å². The minimum Gasteiger partial charge on any atom is -0.368 e. The number of hydrogen-bond donors (Lipinski definition) is 0. The van der Waals surface area contributed by atoms with Crippen molar-refractivity contribution in [3.8, 4) is 11.3 Å². The minimum absolute atomic E-state index is 0.0554. The smallest absolute Gasteiger partial charge is 0.271 e. The van der Waals surface area contributed by atoms with E-state index >= 15 is 0 Å². The van der Waals surface area contributed by atoms with Crippen molar-refractivity contribution in [2.75, 3.05) is 31.1 Å². The fraction of sp³-hybridized carbons (Fsp3) is 0.217. The van der Waals surface area contributed by atoms with Crippen LogP contribution in [0.2, 0.25) is 5.02 Å². The van der Waals surface area contributed by atoms with Crippen molar-refractivity contribution in [2.24, 2.45) is 0 Å². The van der Waals surface area contributed by atoms with Gasteiger partial charge in [-0.1, -0.05) is 47.5 Å². The Morgan fingerprint density at radius 2 is 1.83 bits per heavy atom. The highest BCUT2D eigenvalue weighted by Crippen LogP contribution is 2.26. The molecule has 0 aliphatic carbocycles. The molecule has 0 bridgehead atoms. The van der Waals surface area contributed by atoms with Gasteiger partial charge >= 0.3 is 0 Å². The number of carbonyl (C=O) groups is 1. The molecule has 5 rings (SSSR count). The summed E-state index contributed by atoms with van der Waals surface area (Å²) < 4.78 is 1.92. The minimum atomic E-state index is 0.0554. The molecule has 3 heterocycles. The van der Waals surface area contributed by atoms with Crippen LogP contribution < -0.4 is 4.90 Å². The number of halogens is 1. The molecule has 0 saturated carbocycles. The highest BCUT2D eigenvalue weighted by molar-refractivity contribution is 7.15. The van der Waals surface area contributed by atoms with Crippen molar-refractivity contribution in [3.63, 3.8) is 0 Å². The van der Waals surface area contributed by atoms with Gasteiger partial charge in [0.05, 0.1) is 5.69 Å². The monoisotopic (exact) mass is 436 g/mol. The third-order valence-electron chi connectivity index (χ3n) is 5.52. The number of rotatable bonds is 3. The summed E-state index contributed by atoms with van der Waals surface area (Å²) >= 11 is 7.62. The number of imidazole rings is 1. The fourth-order valence-electron chi connectivity index (χ4n) is 3.80. The van der Waals surface area contributed by atoms with E-state index in [0.717, 1.165) is 40.0 Å². The van der Waals surface area contributed by atoms with Gasteiger partial charge in [-0.25, -0.2) is 4.98 Å². The van der Waals surface area contributed by atoms with Crippen LogP contribution in [0, 0.1) is 6.92 Å². The molecule has 4 aromatic rings. The normalized spacial score (nSPS) is 14.5. The molecule has 5 nitrogen and oxygen atoms in total. The van der Waals surface area contributed by atoms with Crippen molar-refractivity contribution in [3.05, 3.63) is 76.4 Å². The molecule has 0 radical (unpaired) electrons. The Kier molecular flexibility index (Phi) is 4.97. The second kappa shape index (κ2) is 7.78. The summed E-state index contributed by atoms with van der Waals surface area (Å²) in [6, 6.07) is 16.2. The predicted molar refractivity (Wildman–Crippen MR) is 123 cm³/mol. The van der Waals surface area contributed by atoms with Gasteiger partial charge in [0, 0.05) is 54.0 Å². The van der Waals surface area contributed by atoms with Crippen molar-refractivity contribution in [2.45, 2.75) is 6.92 Å². The number of fused-ring (bicyclic) bond motifs is 1. The van der Waals surface area contributed by atoms with Gasteiger partial charge < -0.3 is 9.80 Å². The summed E-state index contributed by atoms with van der Waals surface area (Å²) in [6.45, 7) is 5.01. The Morgan fingerprint density at radius 1 is 1.07 bits per heavy atom. The molecule has 30 heavy (non-hydrogen) atoms. The van der Waals surface area contributed by atoms with Crippen LogP contribution in [0.5, 0.6) is 0 Å². The van der Waals surface area contributed by atoms with Crippen molar-refractivity contribution >= 4 is 39.5 Å². The molecule has 2 aromatic carbocycles. The number of anilines is 1. The Balaban J connectivity index is 1.33. The third-order valence-corrected chi connectivity index (χ3v) is 6.59. The molecule has 1 amide bonds. The number of benzene rings is 2. The first-order valence-corrected chi connectivity index (χ1v) is 11.2. The average molecular weight is 437 g/mol. The molecule has 0 unspecified atom stereocenters. The molecule has 0 atom stereocenters. The summed E-state index contributed by atoms with van der Waals surface area (Å²) in [5.74, 6) is 0.0554. The second-order valence-corrected chi connectivity index (χ2v) is 8.80. The third kappa shape index (κ3) is 3.57. The summed E-state index contributed by atoms with van der Waals surface area (Å²) in [5.41, 5.74) is 4.95. The van der Waals surface area contributed by atoms with E-state index in [1.807, 2.05) is 39.1 Å². The van der Waals surface area contributed by atoms with E-state index in [2.05, 4.69) is 42.2 Å². The Hall–Kier alpha value is -2.83. The first-order chi connectivity index (χ1) is 14.6. The van der Waals surface area contributed by atoms with Crippen molar-refractivity contribution < 1.29 is 4.79 Å². The lowest BCUT2D eigenvalue weighted by Gasteiger charge is -2.36. The van der Waals surface area contributed by atoms with Crippen LogP contribution >= 0.6 is 22.9 Å².